The third-order valence-electron chi connectivity index (χ3n) is 4.05. The smallest absolute Gasteiger partial charge is 0.0345 e. The van der Waals surface area contributed by atoms with Crippen LogP contribution in [0.1, 0.15) is 30.4 Å². The predicted octanol–water partition coefficient (Wildman–Crippen LogP) is 4.16. The van der Waals surface area contributed by atoms with Crippen molar-refractivity contribution in [2.24, 2.45) is 0 Å². The Labute approximate surface area is 139 Å². The summed E-state index contributed by atoms with van der Waals surface area (Å²) in [6, 6.07) is 12.2. The van der Waals surface area contributed by atoms with Gasteiger partial charge in [-0.05, 0) is 80.6 Å². The molecule has 0 unspecified atom stereocenters. The summed E-state index contributed by atoms with van der Waals surface area (Å²) in [6.07, 6.45) is 3.51. The number of hydrogen-bond donors (Lipinski definition) is 4. The lowest BCUT2D eigenvalue weighted by atomic mass is 10.1. The second-order valence-corrected chi connectivity index (χ2v) is 6.06. The van der Waals surface area contributed by atoms with Gasteiger partial charge in [-0.3, -0.25) is 0 Å². The highest BCUT2D eigenvalue weighted by Gasteiger charge is 1.98. The Morgan fingerprint density at radius 1 is 0.696 bits per heavy atom. The molecule has 2 aromatic rings. The normalized spacial score (nSPS) is 10.5. The fourth-order valence-corrected chi connectivity index (χ4v) is 2.46. The number of aryl methyl sites for hydroxylation is 2. The van der Waals surface area contributed by atoms with Crippen LogP contribution in [0.5, 0.6) is 0 Å². The van der Waals surface area contributed by atoms with Crippen molar-refractivity contribution in [3.05, 3.63) is 47.5 Å². The second-order valence-electron chi connectivity index (χ2n) is 6.06. The van der Waals surface area contributed by atoms with Gasteiger partial charge in [0.05, 0.1) is 0 Å². The first-order chi connectivity index (χ1) is 11.1. The Kier molecular flexibility index (Phi) is 6.15. The van der Waals surface area contributed by atoms with Gasteiger partial charge in [0.25, 0.3) is 0 Å². The predicted molar refractivity (Wildman–Crippen MR) is 102 cm³/mol. The van der Waals surface area contributed by atoms with Crippen LogP contribution in [0, 0.1) is 13.8 Å². The molecule has 0 aliphatic heterocycles. The highest BCUT2D eigenvalue weighted by molar-refractivity contribution is 5.57. The topological polar surface area (TPSA) is 76.1 Å². The van der Waals surface area contributed by atoms with Crippen LogP contribution in [0.25, 0.3) is 0 Å². The van der Waals surface area contributed by atoms with Gasteiger partial charge in [0.15, 0.2) is 0 Å². The Morgan fingerprint density at radius 3 is 1.52 bits per heavy atom. The first-order valence-corrected chi connectivity index (χ1v) is 8.26. The SMILES string of the molecule is Cc1cc(NCCCCCNc2ccc(N)c(C)c2)ccc1N. The van der Waals surface area contributed by atoms with Crippen LogP contribution in [0.2, 0.25) is 0 Å². The minimum Gasteiger partial charge on any atom is -0.399 e. The van der Waals surface area contributed by atoms with E-state index in [1.165, 1.54) is 6.42 Å². The van der Waals surface area contributed by atoms with E-state index in [2.05, 4.69) is 22.8 Å². The van der Waals surface area contributed by atoms with E-state index in [0.29, 0.717) is 0 Å². The molecule has 0 heterocycles. The van der Waals surface area contributed by atoms with Crippen molar-refractivity contribution < 1.29 is 0 Å². The Hall–Kier alpha value is -2.36. The first kappa shape index (κ1) is 17.0. The largest absolute Gasteiger partial charge is 0.399 e. The van der Waals surface area contributed by atoms with Crippen molar-refractivity contribution >= 4 is 22.7 Å². The van der Waals surface area contributed by atoms with Crippen molar-refractivity contribution in [3.63, 3.8) is 0 Å². The van der Waals surface area contributed by atoms with Gasteiger partial charge in [-0.15, -0.1) is 0 Å². The van der Waals surface area contributed by atoms with E-state index >= 15 is 0 Å². The minimum atomic E-state index is 0.847. The van der Waals surface area contributed by atoms with Crippen molar-refractivity contribution in [2.45, 2.75) is 33.1 Å². The molecule has 0 saturated carbocycles. The molecule has 0 radical (unpaired) electrons. The van der Waals surface area contributed by atoms with Gasteiger partial charge in [-0.25, -0.2) is 0 Å². The quantitative estimate of drug-likeness (QED) is 0.436. The Bertz CT molecular complexity index is 582. The van der Waals surface area contributed by atoms with Crippen molar-refractivity contribution in [2.75, 3.05) is 35.2 Å². The molecular formula is C19H28N4. The van der Waals surface area contributed by atoms with Gasteiger partial charge < -0.3 is 22.1 Å². The highest BCUT2D eigenvalue weighted by atomic mass is 14.9. The fraction of sp³-hybridized carbons (Fsp3) is 0.368. The molecule has 0 atom stereocenters. The first-order valence-electron chi connectivity index (χ1n) is 8.26. The molecule has 0 aliphatic rings. The summed E-state index contributed by atoms with van der Waals surface area (Å²) >= 11 is 0. The zero-order valence-electron chi connectivity index (χ0n) is 14.2. The number of nitrogens with one attached hydrogen (secondary N) is 2. The number of hydrogen-bond acceptors (Lipinski definition) is 4. The highest BCUT2D eigenvalue weighted by Crippen LogP contribution is 2.17. The van der Waals surface area contributed by atoms with E-state index in [-0.39, 0.29) is 0 Å². The molecule has 2 aromatic carbocycles. The molecule has 4 heteroatoms. The summed E-state index contributed by atoms with van der Waals surface area (Å²) in [5.74, 6) is 0. The molecule has 0 fully saturated rings. The van der Waals surface area contributed by atoms with E-state index in [4.69, 9.17) is 11.5 Å². The van der Waals surface area contributed by atoms with E-state index < -0.39 is 0 Å². The van der Waals surface area contributed by atoms with E-state index in [0.717, 1.165) is 59.8 Å². The van der Waals surface area contributed by atoms with Gasteiger partial charge in [-0.1, -0.05) is 0 Å². The van der Waals surface area contributed by atoms with Gasteiger partial charge in [0.2, 0.25) is 0 Å². The summed E-state index contributed by atoms with van der Waals surface area (Å²) in [5.41, 5.74) is 17.9. The maximum atomic E-state index is 5.82. The fourth-order valence-electron chi connectivity index (χ4n) is 2.46. The van der Waals surface area contributed by atoms with Crippen LogP contribution in [0.3, 0.4) is 0 Å². The standard InChI is InChI=1S/C19H28N4/c1-14-12-16(6-8-18(14)20)22-10-4-3-5-11-23-17-7-9-19(21)15(2)13-17/h6-9,12-13,22-23H,3-5,10-11,20-21H2,1-2H3. The molecule has 0 bridgehead atoms. The van der Waals surface area contributed by atoms with Gasteiger partial charge >= 0.3 is 0 Å². The van der Waals surface area contributed by atoms with Crippen molar-refractivity contribution in [3.8, 4) is 0 Å². The zero-order valence-corrected chi connectivity index (χ0v) is 14.2. The number of nitrogens with two attached hydrogens (primary N) is 2. The molecule has 6 N–H and O–H groups in total. The second kappa shape index (κ2) is 8.32. The maximum absolute atomic E-state index is 5.82. The van der Waals surface area contributed by atoms with E-state index in [1.807, 2.05) is 38.1 Å². The van der Waals surface area contributed by atoms with Gasteiger partial charge in [0, 0.05) is 35.8 Å². The molecule has 2 rings (SSSR count). The average Bonchev–Trinajstić information content (AvgIpc) is 2.53. The Balaban J connectivity index is 1.58. The monoisotopic (exact) mass is 312 g/mol. The Morgan fingerprint density at radius 2 is 1.13 bits per heavy atom. The van der Waals surface area contributed by atoms with Gasteiger partial charge in [-0.2, -0.15) is 0 Å². The molecule has 23 heavy (non-hydrogen) atoms. The average molecular weight is 312 g/mol. The van der Waals surface area contributed by atoms with Crippen LogP contribution in [0.15, 0.2) is 36.4 Å². The number of rotatable bonds is 8. The number of benzene rings is 2. The molecular weight excluding hydrogens is 284 g/mol. The number of anilines is 4. The summed E-state index contributed by atoms with van der Waals surface area (Å²) < 4.78 is 0. The van der Waals surface area contributed by atoms with Crippen LogP contribution < -0.4 is 22.1 Å². The molecule has 124 valence electrons. The lowest BCUT2D eigenvalue weighted by Gasteiger charge is -2.10. The third-order valence-corrected chi connectivity index (χ3v) is 4.05. The van der Waals surface area contributed by atoms with Crippen LogP contribution in [0.4, 0.5) is 22.7 Å². The summed E-state index contributed by atoms with van der Waals surface area (Å²) in [4.78, 5) is 0. The van der Waals surface area contributed by atoms with E-state index in [9.17, 15) is 0 Å². The molecule has 0 amide bonds. The lowest BCUT2D eigenvalue weighted by molar-refractivity contribution is 0.721. The molecule has 4 nitrogen and oxygen atoms in total. The van der Waals surface area contributed by atoms with Crippen LogP contribution in [-0.4, -0.2) is 13.1 Å². The molecule has 0 spiro atoms. The molecule has 0 aromatic heterocycles. The third kappa shape index (κ3) is 5.40. The minimum absolute atomic E-state index is 0.847. The summed E-state index contributed by atoms with van der Waals surface area (Å²) in [7, 11) is 0. The van der Waals surface area contributed by atoms with Gasteiger partial charge in [0.1, 0.15) is 0 Å². The molecule has 0 saturated heterocycles. The maximum Gasteiger partial charge on any atom is 0.0345 e. The van der Waals surface area contributed by atoms with Crippen molar-refractivity contribution in [1.29, 1.82) is 0 Å². The number of unbranched alkanes of at least 4 members (excludes halogenated alkanes) is 2. The van der Waals surface area contributed by atoms with Crippen LogP contribution in [-0.2, 0) is 0 Å². The van der Waals surface area contributed by atoms with Crippen LogP contribution >= 0.6 is 0 Å². The summed E-state index contributed by atoms with van der Waals surface area (Å²) in [6.45, 7) is 6.05. The van der Waals surface area contributed by atoms with Crippen molar-refractivity contribution in [1.82, 2.24) is 0 Å². The zero-order chi connectivity index (χ0) is 16.7. The van der Waals surface area contributed by atoms with E-state index in [1.54, 1.807) is 0 Å². The summed E-state index contributed by atoms with van der Waals surface area (Å²) in [5, 5.41) is 6.89. The lowest BCUT2D eigenvalue weighted by Crippen LogP contribution is -2.05. The number of nitrogen functional groups attached to an aromatic ring is 2. The molecule has 0 aliphatic carbocycles.